The quantitative estimate of drug-likeness (QED) is 0.411. The number of aryl methyl sites for hydroxylation is 1. The lowest BCUT2D eigenvalue weighted by molar-refractivity contribution is 0.641. The van der Waals surface area contributed by atoms with Crippen molar-refractivity contribution < 1.29 is 0 Å². The van der Waals surface area contributed by atoms with Crippen LogP contribution in [-0.2, 0) is 12.8 Å². The number of H-pyrrole nitrogens is 1. The van der Waals surface area contributed by atoms with Crippen molar-refractivity contribution in [3.8, 4) is 0 Å². The Morgan fingerprint density at radius 1 is 0.778 bits per heavy atom. The van der Waals surface area contributed by atoms with Gasteiger partial charge in [-0.15, -0.1) is 24.8 Å². The van der Waals surface area contributed by atoms with Crippen LogP contribution in [0.5, 0.6) is 0 Å². The molecule has 3 nitrogen and oxygen atoms in total. The van der Waals surface area contributed by atoms with Crippen molar-refractivity contribution in [3.05, 3.63) is 78.1 Å². The highest BCUT2D eigenvalue weighted by Crippen LogP contribution is 2.19. The highest BCUT2D eigenvalue weighted by molar-refractivity contribution is 5.86. The fourth-order valence-corrected chi connectivity index (χ4v) is 3.37. The van der Waals surface area contributed by atoms with Gasteiger partial charge in [0.15, 0.2) is 0 Å². The number of hydrogen-bond acceptors (Lipinski definition) is 2. The molecule has 0 aliphatic heterocycles. The molecule has 0 aliphatic rings. The molecule has 5 heteroatoms. The van der Waals surface area contributed by atoms with Gasteiger partial charge in [0, 0.05) is 13.0 Å². The topological polar surface area (TPSA) is 40.7 Å². The summed E-state index contributed by atoms with van der Waals surface area (Å²) in [4.78, 5) is 8.00. The number of imidazole rings is 1. The summed E-state index contributed by atoms with van der Waals surface area (Å²) < 4.78 is 0. The van der Waals surface area contributed by atoms with Crippen LogP contribution in [0.4, 0.5) is 0 Å². The van der Waals surface area contributed by atoms with Gasteiger partial charge in [0.2, 0.25) is 0 Å². The van der Waals surface area contributed by atoms with E-state index in [1.807, 2.05) is 18.2 Å². The van der Waals surface area contributed by atoms with E-state index < -0.39 is 0 Å². The Morgan fingerprint density at radius 3 is 2.44 bits per heavy atom. The molecule has 0 radical (unpaired) electrons. The average molecular weight is 402 g/mol. The van der Waals surface area contributed by atoms with Gasteiger partial charge < -0.3 is 10.3 Å². The van der Waals surface area contributed by atoms with E-state index in [4.69, 9.17) is 0 Å². The number of para-hydroxylation sites is 2. The second-order valence-corrected chi connectivity index (χ2v) is 6.44. The first-order valence-corrected chi connectivity index (χ1v) is 9.01. The molecule has 0 saturated heterocycles. The normalized spacial score (nSPS) is 10.5. The monoisotopic (exact) mass is 401 g/mol. The van der Waals surface area contributed by atoms with Crippen molar-refractivity contribution in [3.63, 3.8) is 0 Å². The molecule has 142 valence electrons. The van der Waals surface area contributed by atoms with Gasteiger partial charge in [-0.1, -0.05) is 54.6 Å². The van der Waals surface area contributed by atoms with Crippen molar-refractivity contribution >= 4 is 46.6 Å². The maximum atomic E-state index is 4.62. The number of benzene rings is 3. The first-order chi connectivity index (χ1) is 12.4. The van der Waals surface area contributed by atoms with Gasteiger partial charge in [0.05, 0.1) is 11.0 Å². The maximum Gasteiger partial charge on any atom is 0.108 e. The summed E-state index contributed by atoms with van der Waals surface area (Å²) in [7, 11) is 0. The number of nitrogens with zero attached hydrogens (tertiary/aromatic N) is 1. The Labute approximate surface area is 172 Å². The number of aromatic nitrogens is 2. The molecule has 3 aromatic carbocycles. The molecule has 4 rings (SSSR count). The zero-order valence-corrected chi connectivity index (χ0v) is 16.8. The predicted octanol–water partition coefficient (Wildman–Crippen LogP) is 5.32. The largest absolute Gasteiger partial charge is 0.342 e. The Kier molecular flexibility index (Phi) is 8.11. The van der Waals surface area contributed by atoms with Crippen LogP contribution < -0.4 is 5.32 Å². The predicted molar refractivity (Wildman–Crippen MR) is 119 cm³/mol. The van der Waals surface area contributed by atoms with E-state index in [1.54, 1.807) is 0 Å². The van der Waals surface area contributed by atoms with E-state index in [2.05, 4.69) is 63.8 Å². The van der Waals surface area contributed by atoms with Crippen LogP contribution in [0.15, 0.2) is 66.7 Å². The fourth-order valence-electron chi connectivity index (χ4n) is 3.37. The molecule has 0 unspecified atom stereocenters. The molecule has 0 spiro atoms. The molecule has 0 bridgehead atoms. The van der Waals surface area contributed by atoms with Crippen LogP contribution in [0.2, 0.25) is 0 Å². The van der Waals surface area contributed by atoms with E-state index in [0.717, 1.165) is 49.2 Å². The summed E-state index contributed by atoms with van der Waals surface area (Å²) >= 11 is 0. The summed E-state index contributed by atoms with van der Waals surface area (Å²) in [5, 5.41) is 6.25. The third kappa shape index (κ3) is 5.23. The number of aromatic amines is 1. The standard InChI is InChI=1S/C22H23N3.2ClH/c1-2-11-19-17(7-1)8-5-9-18(19)10-6-15-23-16-14-22-24-20-12-3-4-13-21(20)25-22;;/h1-5,7-9,11-13,23H,6,10,14-16H2,(H,24,25);2*1H. The van der Waals surface area contributed by atoms with Crippen molar-refractivity contribution in [1.29, 1.82) is 0 Å². The first kappa shape index (κ1) is 21.2. The van der Waals surface area contributed by atoms with Crippen molar-refractivity contribution in [1.82, 2.24) is 15.3 Å². The minimum Gasteiger partial charge on any atom is -0.342 e. The lowest BCUT2D eigenvalue weighted by Crippen LogP contribution is -2.19. The maximum absolute atomic E-state index is 4.62. The number of nitrogens with one attached hydrogen (secondary N) is 2. The van der Waals surface area contributed by atoms with Crippen LogP contribution >= 0.6 is 24.8 Å². The van der Waals surface area contributed by atoms with E-state index in [0.29, 0.717) is 0 Å². The van der Waals surface area contributed by atoms with Gasteiger partial charge in [0.1, 0.15) is 5.82 Å². The van der Waals surface area contributed by atoms with Gasteiger partial charge in [-0.25, -0.2) is 4.98 Å². The van der Waals surface area contributed by atoms with Gasteiger partial charge in [-0.3, -0.25) is 0 Å². The van der Waals surface area contributed by atoms with Crippen LogP contribution in [-0.4, -0.2) is 23.1 Å². The second-order valence-electron chi connectivity index (χ2n) is 6.44. The molecular weight excluding hydrogens is 377 g/mol. The number of hydrogen-bond donors (Lipinski definition) is 2. The summed E-state index contributed by atoms with van der Waals surface area (Å²) in [6, 6.07) is 23.4. The molecule has 2 N–H and O–H groups in total. The summed E-state index contributed by atoms with van der Waals surface area (Å²) in [5.74, 6) is 1.06. The lowest BCUT2D eigenvalue weighted by Gasteiger charge is -2.07. The Bertz CT molecular complexity index is 943. The lowest BCUT2D eigenvalue weighted by atomic mass is 10.0. The van der Waals surface area contributed by atoms with Crippen molar-refractivity contribution in [2.45, 2.75) is 19.3 Å². The van der Waals surface area contributed by atoms with Crippen LogP contribution in [0.25, 0.3) is 21.8 Å². The van der Waals surface area contributed by atoms with Crippen LogP contribution in [0.1, 0.15) is 17.8 Å². The van der Waals surface area contributed by atoms with E-state index >= 15 is 0 Å². The molecule has 1 heterocycles. The Hall–Kier alpha value is -2.07. The molecular formula is C22H25Cl2N3. The van der Waals surface area contributed by atoms with Crippen molar-refractivity contribution in [2.75, 3.05) is 13.1 Å². The molecule has 0 saturated carbocycles. The Balaban J connectivity index is 0.00000131. The number of fused-ring (bicyclic) bond motifs is 2. The summed E-state index contributed by atoms with van der Waals surface area (Å²) in [6.07, 6.45) is 3.19. The molecule has 4 aromatic rings. The minimum atomic E-state index is 0. The summed E-state index contributed by atoms with van der Waals surface area (Å²) in [6.45, 7) is 1.98. The van der Waals surface area contributed by atoms with E-state index in [1.165, 1.54) is 16.3 Å². The van der Waals surface area contributed by atoms with Gasteiger partial charge in [-0.2, -0.15) is 0 Å². The van der Waals surface area contributed by atoms with Gasteiger partial charge in [0.25, 0.3) is 0 Å². The highest BCUT2D eigenvalue weighted by Gasteiger charge is 2.02. The third-order valence-electron chi connectivity index (χ3n) is 4.66. The smallest absolute Gasteiger partial charge is 0.108 e. The van der Waals surface area contributed by atoms with Crippen molar-refractivity contribution in [2.24, 2.45) is 0 Å². The zero-order chi connectivity index (χ0) is 16.9. The number of halogens is 2. The zero-order valence-electron chi connectivity index (χ0n) is 15.2. The number of rotatable bonds is 7. The SMILES string of the molecule is Cl.Cl.c1ccc2c(CCCNCCc3nc4ccccc4[nH]3)cccc2c1. The second kappa shape index (κ2) is 10.3. The average Bonchev–Trinajstić information content (AvgIpc) is 3.07. The molecule has 0 amide bonds. The van der Waals surface area contributed by atoms with Gasteiger partial charge in [-0.05, 0) is 47.9 Å². The van der Waals surface area contributed by atoms with E-state index in [-0.39, 0.29) is 24.8 Å². The first-order valence-electron chi connectivity index (χ1n) is 9.01. The molecule has 1 aromatic heterocycles. The third-order valence-corrected chi connectivity index (χ3v) is 4.66. The molecule has 0 aliphatic carbocycles. The summed E-state index contributed by atoms with van der Waals surface area (Å²) in [5.41, 5.74) is 3.61. The Morgan fingerprint density at radius 2 is 1.56 bits per heavy atom. The fraction of sp³-hybridized carbons (Fsp3) is 0.227. The van der Waals surface area contributed by atoms with Gasteiger partial charge >= 0.3 is 0 Å². The minimum absolute atomic E-state index is 0. The molecule has 0 atom stereocenters. The molecule has 0 fully saturated rings. The van der Waals surface area contributed by atoms with Crippen LogP contribution in [0.3, 0.4) is 0 Å². The molecule has 27 heavy (non-hydrogen) atoms. The highest BCUT2D eigenvalue weighted by atomic mass is 35.5. The van der Waals surface area contributed by atoms with E-state index in [9.17, 15) is 0 Å². The van der Waals surface area contributed by atoms with Crippen LogP contribution in [0, 0.1) is 0 Å².